The summed E-state index contributed by atoms with van der Waals surface area (Å²) in [5.74, 6) is 1.44. The van der Waals surface area contributed by atoms with Crippen LogP contribution in [0.25, 0.3) is 0 Å². The van der Waals surface area contributed by atoms with Gasteiger partial charge >= 0.3 is 0 Å². The monoisotopic (exact) mass is 316 g/mol. The molecule has 0 N–H and O–H groups in total. The molecule has 124 valence electrons. The summed E-state index contributed by atoms with van der Waals surface area (Å²) >= 11 is 0. The topological polar surface area (TPSA) is 56.3 Å². The van der Waals surface area contributed by atoms with Crippen LogP contribution >= 0.6 is 0 Å². The van der Waals surface area contributed by atoms with Gasteiger partial charge in [-0.2, -0.15) is 0 Å². The van der Waals surface area contributed by atoms with Crippen LogP contribution in [0.2, 0.25) is 0 Å². The first-order chi connectivity index (χ1) is 11.3. The molecule has 2 aromatic heterocycles. The molecule has 0 radical (unpaired) electrons. The van der Waals surface area contributed by atoms with Crippen LogP contribution in [-0.4, -0.2) is 39.6 Å². The molecule has 4 rings (SSSR count). The third-order valence-electron chi connectivity index (χ3n) is 4.69. The van der Waals surface area contributed by atoms with Crippen molar-refractivity contribution in [2.75, 3.05) is 19.7 Å². The van der Waals surface area contributed by atoms with E-state index in [1.54, 1.807) is 6.26 Å². The minimum atomic E-state index is 0.591. The van der Waals surface area contributed by atoms with Crippen molar-refractivity contribution < 1.29 is 9.15 Å². The SMILES string of the molecule is c1cc(CN2CCC(Cn3cc(COCC4CC4)nn3)C2)co1. The van der Waals surface area contributed by atoms with Gasteiger partial charge in [0.05, 0.1) is 25.3 Å². The molecule has 0 bridgehead atoms. The van der Waals surface area contributed by atoms with Gasteiger partial charge in [-0.05, 0) is 43.7 Å². The van der Waals surface area contributed by atoms with Crippen LogP contribution in [0.15, 0.2) is 29.2 Å². The first-order valence-corrected chi connectivity index (χ1v) is 8.55. The Bertz CT molecular complexity index is 606. The van der Waals surface area contributed by atoms with E-state index in [2.05, 4.69) is 15.2 Å². The Morgan fingerprint density at radius 1 is 1.26 bits per heavy atom. The van der Waals surface area contributed by atoms with Gasteiger partial charge in [-0.25, -0.2) is 0 Å². The highest BCUT2D eigenvalue weighted by Gasteiger charge is 2.24. The molecule has 0 aromatic carbocycles. The molecule has 2 aliphatic rings. The smallest absolute Gasteiger partial charge is 0.108 e. The van der Waals surface area contributed by atoms with Gasteiger partial charge in [-0.15, -0.1) is 5.10 Å². The Morgan fingerprint density at radius 2 is 2.22 bits per heavy atom. The second-order valence-corrected chi connectivity index (χ2v) is 6.91. The molecular weight excluding hydrogens is 292 g/mol. The van der Waals surface area contributed by atoms with Crippen molar-refractivity contribution in [2.24, 2.45) is 11.8 Å². The lowest BCUT2D eigenvalue weighted by molar-refractivity contribution is 0.108. The number of hydrogen-bond donors (Lipinski definition) is 0. The summed E-state index contributed by atoms with van der Waals surface area (Å²) in [6, 6.07) is 2.04. The van der Waals surface area contributed by atoms with Crippen molar-refractivity contribution in [3.8, 4) is 0 Å². The summed E-state index contributed by atoms with van der Waals surface area (Å²) in [7, 11) is 0. The summed E-state index contributed by atoms with van der Waals surface area (Å²) in [5, 5.41) is 8.46. The van der Waals surface area contributed by atoms with E-state index in [4.69, 9.17) is 9.15 Å². The van der Waals surface area contributed by atoms with Crippen LogP contribution < -0.4 is 0 Å². The van der Waals surface area contributed by atoms with Gasteiger partial charge < -0.3 is 9.15 Å². The van der Waals surface area contributed by atoms with Crippen LogP contribution in [0.1, 0.15) is 30.5 Å². The lowest BCUT2D eigenvalue weighted by atomic mass is 10.1. The Balaban J connectivity index is 1.21. The number of furan rings is 1. The standard InChI is InChI=1S/C17H24N4O2/c1-2-14(1)11-23-13-17-10-21(19-18-17)9-15-3-5-20(7-15)8-16-4-6-22-12-16/h4,6,10,12,14-15H,1-3,5,7-9,11,13H2. The summed E-state index contributed by atoms with van der Waals surface area (Å²) in [6.07, 6.45) is 9.47. The van der Waals surface area contributed by atoms with Crippen molar-refractivity contribution in [2.45, 2.75) is 39.0 Å². The molecule has 6 nitrogen and oxygen atoms in total. The zero-order valence-electron chi connectivity index (χ0n) is 13.4. The van der Waals surface area contributed by atoms with Crippen molar-refractivity contribution in [3.63, 3.8) is 0 Å². The predicted octanol–water partition coefficient (Wildman–Crippen LogP) is 2.32. The van der Waals surface area contributed by atoms with Gasteiger partial charge in [0, 0.05) is 31.8 Å². The van der Waals surface area contributed by atoms with Crippen molar-refractivity contribution in [3.05, 3.63) is 36.0 Å². The minimum Gasteiger partial charge on any atom is -0.472 e. The maximum atomic E-state index is 5.67. The number of hydrogen-bond acceptors (Lipinski definition) is 5. The highest BCUT2D eigenvalue weighted by Crippen LogP contribution is 2.29. The normalized spacial score (nSPS) is 22.0. The lowest BCUT2D eigenvalue weighted by Gasteiger charge is -2.14. The maximum absolute atomic E-state index is 5.67. The lowest BCUT2D eigenvalue weighted by Crippen LogP contribution is -2.21. The Labute approximate surface area is 136 Å². The fraction of sp³-hybridized carbons (Fsp3) is 0.647. The van der Waals surface area contributed by atoms with E-state index in [0.29, 0.717) is 12.5 Å². The molecule has 23 heavy (non-hydrogen) atoms. The molecule has 1 saturated heterocycles. The van der Waals surface area contributed by atoms with Crippen molar-refractivity contribution in [1.82, 2.24) is 19.9 Å². The van der Waals surface area contributed by atoms with Gasteiger partial charge in [0.1, 0.15) is 5.69 Å². The number of ether oxygens (including phenoxy) is 1. The van der Waals surface area contributed by atoms with Gasteiger partial charge in [-0.1, -0.05) is 5.21 Å². The van der Waals surface area contributed by atoms with E-state index >= 15 is 0 Å². The van der Waals surface area contributed by atoms with E-state index in [1.807, 2.05) is 23.2 Å². The van der Waals surface area contributed by atoms with E-state index in [1.165, 1.54) is 24.8 Å². The van der Waals surface area contributed by atoms with Crippen LogP contribution in [0, 0.1) is 11.8 Å². The molecule has 1 atom stereocenters. The third kappa shape index (κ3) is 4.20. The molecule has 6 heteroatoms. The molecule has 1 aliphatic carbocycles. The first kappa shape index (κ1) is 14.9. The van der Waals surface area contributed by atoms with Gasteiger partial charge in [0.25, 0.3) is 0 Å². The highest BCUT2D eigenvalue weighted by molar-refractivity contribution is 5.05. The van der Waals surface area contributed by atoms with E-state index < -0.39 is 0 Å². The summed E-state index contributed by atoms with van der Waals surface area (Å²) in [6.45, 7) is 5.63. The first-order valence-electron chi connectivity index (χ1n) is 8.55. The molecule has 0 amide bonds. The Hall–Kier alpha value is -1.66. The number of aromatic nitrogens is 3. The summed E-state index contributed by atoms with van der Waals surface area (Å²) in [4.78, 5) is 2.48. The maximum Gasteiger partial charge on any atom is 0.108 e. The van der Waals surface area contributed by atoms with Crippen molar-refractivity contribution >= 4 is 0 Å². The summed E-state index contributed by atoms with van der Waals surface area (Å²) < 4.78 is 12.8. The van der Waals surface area contributed by atoms with Gasteiger partial charge in [0.2, 0.25) is 0 Å². The van der Waals surface area contributed by atoms with Gasteiger partial charge in [-0.3, -0.25) is 9.58 Å². The second kappa shape index (κ2) is 6.84. The van der Waals surface area contributed by atoms with Crippen LogP contribution in [0.3, 0.4) is 0 Å². The minimum absolute atomic E-state index is 0.591. The van der Waals surface area contributed by atoms with E-state index in [-0.39, 0.29) is 0 Å². The van der Waals surface area contributed by atoms with Crippen LogP contribution in [-0.2, 0) is 24.4 Å². The Morgan fingerprint density at radius 3 is 3.04 bits per heavy atom. The molecule has 1 aliphatic heterocycles. The Kier molecular flexibility index (Phi) is 4.43. The number of likely N-dealkylation sites (tertiary alicyclic amines) is 1. The summed E-state index contributed by atoms with van der Waals surface area (Å²) in [5.41, 5.74) is 2.19. The molecule has 2 aromatic rings. The van der Waals surface area contributed by atoms with Gasteiger partial charge in [0.15, 0.2) is 0 Å². The molecule has 0 spiro atoms. The highest BCUT2D eigenvalue weighted by atomic mass is 16.5. The van der Waals surface area contributed by atoms with Crippen LogP contribution in [0.4, 0.5) is 0 Å². The van der Waals surface area contributed by atoms with Crippen LogP contribution in [0.5, 0.6) is 0 Å². The van der Waals surface area contributed by atoms with Crippen molar-refractivity contribution in [1.29, 1.82) is 0 Å². The molecule has 2 fully saturated rings. The molecular formula is C17H24N4O2. The number of nitrogens with zero attached hydrogens (tertiary/aromatic N) is 4. The van der Waals surface area contributed by atoms with E-state index in [0.717, 1.165) is 44.4 Å². The fourth-order valence-corrected chi connectivity index (χ4v) is 3.22. The third-order valence-corrected chi connectivity index (χ3v) is 4.69. The van der Waals surface area contributed by atoms with E-state index in [9.17, 15) is 0 Å². The zero-order chi connectivity index (χ0) is 15.5. The predicted molar refractivity (Wildman–Crippen MR) is 84.5 cm³/mol. The second-order valence-electron chi connectivity index (χ2n) is 6.91. The average Bonchev–Trinajstić information content (AvgIpc) is 2.96. The largest absolute Gasteiger partial charge is 0.472 e. The fourth-order valence-electron chi connectivity index (χ4n) is 3.22. The molecule has 3 heterocycles. The molecule has 1 saturated carbocycles. The quantitative estimate of drug-likeness (QED) is 0.748. The number of rotatable bonds is 8. The average molecular weight is 316 g/mol. The molecule has 1 unspecified atom stereocenters. The zero-order valence-corrected chi connectivity index (χ0v) is 13.4.